The number of hydrogen-bond donors (Lipinski definition) is 0. The van der Waals surface area contributed by atoms with Crippen LogP contribution >= 0.6 is 0 Å². The number of fused-ring (bicyclic) bond motifs is 4. The molecule has 0 bridgehead atoms. The zero-order chi connectivity index (χ0) is 37.1. The van der Waals surface area contributed by atoms with Crippen molar-refractivity contribution in [2.75, 3.05) is 7.11 Å². The van der Waals surface area contributed by atoms with Crippen molar-refractivity contribution in [3.05, 3.63) is 145 Å². The molecular weight excluding hydrogens is 869 g/mol. The van der Waals surface area contributed by atoms with E-state index in [0.29, 0.717) is 0 Å². The van der Waals surface area contributed by atoms with Crippen LogP contribution in [0.2, 0.25) is 19.6 Å². The van der Waals surface area contributed by atoms with E-state index < -0.39 is 8.07 Å². The van der Waals surface area contributed by atoms with Crippen molar-refractivity contribution in [1.82, 2.24) is 9.97 Å². The SMILES string of the molecule is COc1cc[c-]c(-c2cc(CC3CCCCC3)c([Si](C)(C)C)cn2)c1.[Ir].[c-]1ccc2c(oc3cc(-c4ccccc4)ccc32)c1-c1cc2ccccc2cn1. The molecule has 55 heavy (non-hydrogen) atoms. The van der Waals surface area contributed by atoms with E-state index in [0.717, 1.165) is 72.5 Å². The first-order chi connectivity index (χ1) is 26.3. The molecule has 3 heterocycles. The number of benzene rings is 5. The van der Waals surface area contributed by atoms with Crippen molar-refractivity contribution >= 4 is 46.0 Å². The topological polar surface area (TPSA) is 48.2 Å². The van der Waals surface area contributed by atoms with Crippen LogP contribution in [0.15, 0.2) is 132 Å². The number of furan rings is 1. The van der Waals surface area contributed by atoms with Crippen LogP contribution in [-0.4, -0.2) is 25.2 Å². The fourth-order valence-corrected chi connectivity index (χ4v) is 9.46. The molecule has 0 atom stereocenters. The van der Waals surface area contributed by atoms with Gasteiger partial charge < -0.3 is 19.1 Å². The van der Waals surface area contributed by atoms with Crippen LogP contribution < -0.4 is 9.92 Å². The van der Waals surface area contributed by atoms with Crippen molar-refractivity contribution in [1.29, 1.82) is 0 Å². The zero-order valence-corrected chi connectivity index (χ0v) is 35.4. The van der Waals surface area contributed by atoms with Crippen molar-refractivity contribution in [2.24, 2.45) is 5.92 Å². The summed E-state index contributed by atoms with van der Waals surface area (Å²) in [7, 11) is 0.302. The normalized spacial score (nSPS) is 13.3. The van der Waals surface area contributed by atoms with Crippen LogP contribution in [0.4, 0.5) is 0 Å². The number of methoxy groups -OCH3 is 1. The average Bonchev–Trinajstić information content (AvgIpc) is 3.59. The third-order valence-electron chi connectivity index (χ3n) is 10.7. The summed E-state index contributed by atoms with van der Waals surface area (Å²) in [6.45, 7) is 7.27. The van der Waals surface area contributed by atoms with Crippen LogP contribution in [0.5, 0.6) is 5.75 Å². The van der Waals surface area contributed by atoms with Gasteiger partial charge >= 0.3 is 0 Å². The second-order valence-electron chi connectivity index (χ2n) is 15.5. The van der Waals surface area contributed by atoms with Crippen molar-refractivity contribution < 1.29 is 29.3 Å². The third kappa shape index (κ3) is 8.53. The van der Waals surface area contributed by atoms with Crippen LogP contribution in [0.3, 0.4) is 0 Å². The van der Waals surface area contributed by atoms with Gasteiger partial charge in [-0.15, -0.1) is 48.0 Å². The van der Waals surface area contributed by atoms with Crippen LogP contribution in [-0.2, 0) is 26.5 Å². The van der Waals surface area contributed by atoms with Gasteiger partial charge in [-0.25, -0.2) is 0 Å². The zero-order valence-electron chi connectivity index (χ0n) is 32.0. The molecule has 4 nitrogen and oxygen atoms in total. The van der Waals surface area contributed by atoms with Gasteiger partial charge in [-0.05, 0) is 56.9 Å². The van der Waals surface area contributed by atoms with Gasteiger partial charge in [0, 0.05) is 43.6 Å². The summed E-state index contributed by atoms with van der Waals surface area (Å²) in [5, 5.41) is 6.00. The molecule has 0 N–H and O–H groups in total. The minimum absolute atomic E-state index is 0. The molecule has 0 unspecified atom stereocenters. The molecule has 0 spiro atoms. The van der Waals surface area contributed by atoms with E-state index in [1.54, 1.807) is 7.11 Å². The molecule has 6 heteroatoms. The standard InChI is InChI=1S/C27H16NO.C22H30NOSi.Ir/c1-2-7-18(8-3-1)20-13-14-22-23-11-6-12-24(27(23)29-26(22)16-20)25-15-19-9-4-5-10-21(19)17-28-25;1-24-20-12-8-11-18(14-20)21-15-19(13-17-9-6-5-7-10-17)22(16-23-21)25(2,3)4;/h1-11,13-17H;8,12,14-17H,5-7,9-10,13H2,1-4H3;/q2*-1;. The first-order valence-corrected chi connectivity index (χ1v) is 22.7. The largest absolute Gasteiger partial charge is 0.516 e. The van der Waals surface area contributed by atoms with E-state index in [2.05, 4.69) is 116 Å². The fraction of sp³-hybridized carbons (Fsp3) is 0.224. The van der Waals surface area contributed by atoms with E-state index >= 15 is 0 Å². The number of nitrogens with zero attached hydrogens (tertiary/aromatic N) is 2. The Morgan fingerprint density at radius 3 is 2.24 bits per heavy atom. The van der Waals surface area contributed by atoms with E-state index in [1.807, 2.05) is 48.7 Å². The Kier molecular flexibility index (Phi) is 11.8. The first-order valence-electron chi connectivity index (χ1n) is 19.2. The Bertz CT molecular complexity index is 2550. The molecule has 5 aromatic carbocycles. The third-order valence-corrected chi connectivity index (χ3v) is 12.8. The molecule has 9 rings (SSSR count). The minimum atomic E-state index is -1.40. The minimum Gasteiger partial charge on any atom is -0.516 e. The predicted molar refractivity (Wildman–Crippen MR) is 227 cm³/mol. The van der Waals surface area contributed by atoms with E-state index in [9.17, 15) is 0 Å². The van der Waals surface area contributed by atoms with E-state index in [1.165, 1.54) is 54.8 Å². The average molecular weight is 915 g/mol. The van der Waals surface area contributed by atoms with Gasteiger partial charge in [0.05, 0.1) is 20.8 Å². The number of pyridine rings is 2. The first kappa shape index (κ1) is 38.4. The molecule has 1 aliphatic carbocycles. The number of rotatable bonds is 7. The van der Waals surface area contributed by atoms with Crippen LogP contribution in [0.1, 0.15) is 37.7 Å². The van der Waals surface area contributed by atoms with Crippen molar-refractivity contribution in [3.8, 4) is 39.4 Å². The molecule has 0 amide bonds. The summed E-state index contributed by atoms with van der Waals surface area (Å²) in [5.74, 6) is 1.70. The van der Waals surface area contributed by atoms with Gasteiger partial charge in [0.15, 0.2) is 0 Å². The second kappa shape index (κ2) is 16.9. The van der Waals surface area contributed by atoms with E-state index in [4.69, 9.17) is 14.1 Å². The molecule has 1 radical (unpaired) electrons. The van der Waals surface area contributed by atoms with Crippen molar-refractivity contribution in [3.63, 3.8) is 0 Å². The molecule has 1 saturated carbocycles. The van der Waals surface area contributed by atoms with Gasteiger partial charge in [0.2, 0.25) is 0 Å². The molecule has 1 aliphatic rings. The fourth-order valence-electron chi connectivity index (χ4n) is 7.87. The Morgan fingerprint density at radius 1 is 0.709 bits per heavy atom. The quantitative estimate of drug-likeness (QED) is 0.118. The summed E-state index contributed by atoms with van der Waals surface area (Å²) in [6, 6.07) is 46.0. The molecule has 0 saturated heterocycles. The van der Waals surface area contributed by atoms with Crippen LogP contribution in [0.25, 0.3) is 66.4 Å². The molecule has 1 fully saturated rings. The van der Waals surface area contributed by atoms with Gasteiger partial charge in [-0.3, -0.25) is 0 Å². The Morgan fingerprint density at radius 2 is 1.45 bits per heavy atom. The number of hydrogen-bond acceptors (Lipinski definition) is 4. The Labute approximate surface area is 339 Å². The molecule has 0 aliphatic heterocycles. The number of aromatic nitrogens is 2. The molecule has 279 valence electrons. The van der Waals surface area contributed by atoms with Gasteiger partial charge in [0.1, 0.15) is 5.58 Å². The Balaban J connectivity index is 0.000000168. The molecular formula is C49H46IrN2O2Si-2. The summed E-state index contributed by atoms with van der Waals surface area (Å²) in [4.78, 5) is 9.46. The van der Waals surface area contributed by atoms with Gasteiger partial charge in [0.25, 0.3) is 0 Å². The summed E-state index contributed by atoms with van der Waals surface area (Å²) >= 11 is 0. The smallest absolute Gasteiger partial charge is 0.121 e. The molecule has 3 aromatic heterocycles. The predicted octanol–water partition coefficient (Wildman–Crippen LogP) is 12.5. The second-order valence-corrected chi connectivity index (χ2v) is 20.6. The maximum atomic E-state index is 6.34. The van der Waals surface area contributed by atoms with Gasteiger partial charge in [-0.2, -0.15) is 0 Å². The molecule has 8 aromatic rings. The van der Waals surface area contributed by atoms with E-state index in [-0.39, 0.29) is 20.1 Å². The monoisotopic (exact) mass is 915 g/mol. The summed E-state index contributed by atoms with van der Waals surface area (Å²) in [5.41, 5.74) is 9.36. The maximum Gasteiger partial charge on any atom is 0.121 e. The summed E-state index contributed by atoms with van der Waals surface area (Å²) < 4.78 is 11.7. The van der Waals surface area contributed by atoms with Gasteiger partial charge in [-0.1, -0.05) is 147 Å². The summed E-state index contributed by atoms with van der Waals surface area (Å²) in [6.07, 6.45) is 12.2. The Hall–Kier alpha value is -4.87. The number of ether oxygens (including phenoxy) is 1. The van der Waals surface area contributed by atoms with Crippen LogP contribution in [0, 0.1) is 18.1 Å². The maximum absolute atomic E-state index is 6.34. The van der Waals surface area contributed by atoms with Crippen molar-refractivity contribution in [2.45, 2.75) is 58.2 Å².